The summed E-state index contributed by atoms with van der Waals surface area (Å²) in [6, 6.07) is 7.23. The molecule has 0 aliphatic rings. The third-order valence-electron chi connectivity index (χ3n) is 4.52. The Morgan fingerprint density at radius 1 is 1.11 bits per heavy atom. The molecular weight excluding hydrogens is 380 g/mol. The van der Waals surface area contributed by atoms with Crippen LogP contribution in [-0.4, -0.2) is 49.7 Å². The first-order chi connectivity index (χ1) is 13.1. The highest BCUT2D eigenvalue weighted by atomic mass is 32.2. The average Bonchev–Trinajstić information content (AvgIpc) is 2.94. The van der Waals surface area contributed by atoms with Crippen LogP contribution in [0.25, 0.3) is 0 Å². The van der Waals surface area contributed by atoms with Crippen molar-refractivity contribution in [1.29, 1.82) is 0 Å². The van der Waals surface area contributed by atoms with Crippen molar-refractivity contribution in [3.05, 3.63) is 52.8 Å². The van der Waals surface area contributed by atoms with E-state index in [-0.39, 0.29) is 22.8 Å². The van der Waals surface area contributed by atoms with Crippen LogP contribution in [0.2, 0.25) is 0 Å². The lowest BCUT2D eigenvalue weighted by atomic mass is 10.1. The summed E-state index contributed by atoms with van der Waals surface area (Å²) >= 11 is 0. The normalized spacial score (nSPS) is 11.6. The number of rotatable bonds is 8. The molecule has 0 aliphatic heterocycles. The average molecular weight is 407 g/mol. The number of hydrogen-bond donors (Lipinski definition) is 0. The molecule has 0 unspecified atom stereocenters. The van der Waals surface area contributed by atoms with Gasteiger partial charge in [0.15, 0.2) is 6.61 Å². The first-order valence-electron chi connectivity index (χ1n) is 8.99. The number of benzene rings is 1. The van der Waals surface area contributed by atoms with Gasteiger partial charge in [0.1, 0.15) is 0 Å². The SMILES string of the molecule is CCCn1c(C)cc(C(=O)COC(=O)c2ccc(S(=O)(=O)N(C)C)cc2)c1C. The van der Waals surface area contributed by atoms with Gasteiger partial charge in [-0.15, -0.1) is 0 Å². The van der Waals surface area contributed by atoms with Crippen molar-refractivity contribution in [2.75, 3.05) is 20.7 Å². The summed E-state index contributed by atoms with van der Waals surface area (Å²) in [7, 11) is -0.705. The second-order valence-corrected chi connectivity index (χ2v) is 8.90. The predicted molar refractivity (Wildman–Crippen MR) is 106 cm³/mol. The molecule has 0 spiro atoms. The maximum atomic E-state index is 12.5. The van der Waals surface area contributed by atoms with E-state index in [4.69, 9.17) is 4.74 Å². The van der Waals surface area contributed by atoms with Crippen LogP contribution in [0.5, 0.6) is 0 Å². The third kappa shape index (κ3) is 4.51. The standard InChI is InChI=1S/C20H26N2O5S/c1-6-11-22-14(2)12-18(15(22)3)19(23)13-27-20(24)16-7-9-17(10-8-16)28(25,26)21(4)5/h7-10,12H,6,11,13H2,1-5H3. The van der Waals surface area contributed by atoms with E-state index in [1.54, 1.807) is 0 Å². The van der Waals surface area contributed by atoms with Crippen molar-refractivity contribution < 1.29 is 22.7 Å². The van der Waals surface area contributed by atoms with Crippen LogP contribution in [-0.2, 0) is 21.3 Å². The fourth-order valence-corrected chi connectivity index (χ4v) is 3.82. The minimum atomic E-state index is -3.57. The van der Waals surface area contributed by atoms with E-state index in [9.17, 15) is 18.0 Å². The Balaban J connectivity index is 2.06. The van der Waals surface area contributed by atoms with E-state index in [1.807, 2.05) is 19.9 Å². The number of hydrogen-bond acceptors (Lipinski definition) is 5. The molecule has 28 heavy (non-hydrogen) atoms. The van der Waals surface area contributed by atoms with Gasteiger partial charge < -0.3 is 9.30 Å². The van der Waals surface area contributed by atoms with Gasteiger partial charge in [0.25, 0.3) is 0 Å². The number of aromatic nitrogens is 1. The highest BCUT2D eigenvalue weighted by Crippen LogP contribution is 2.17. The lowest BCUT2D eigenvalue weighted by Gasteiger charge is -2.11. The summed E-state index contributed by atoms with van der Waals surface area (Å²) in [6.07, 6.45) is 0.957. The van der Waals surface area contributed by atoms with E-state index in [0.29, 0.717) is 5.56 Å². The topological polar surface area (TPSA) is 85.7 Å². The van der Waals surface area contributed by atoms with Crippen molar-refractivity contribution in [2.45, 2.75) is 38.6 Å². The molecule has 0 saturated heterocycles. The minimum Gasteiger partial charge on any atom is -0.454 e. The second-order valence-electron chi connectivity index (χ2n) is 6.75. The minimum absolute atomic E-state index is 0.0773. The fraction of sp³-hybridized carbons (Fsp3) is 0.400. The maximum Gasteiger partial charge on any atom is 0.338 e. The molecule has 8 heteroatoms. The molecule has 0 N–H and O–H groups in total. The Bertz CT molecular complexity index is 973. The van der Waals surface area contributed by atoms with Gasteiger partial charge in [-0.1, -0.05) is 6.92 Å². The third-order valence-corrected chi connectivity index (χ3v) is 6.35. The molecule has 0 amide bonds. The number of carbonyl (C=O) groups excluding carboxylic acids is 2. The molecular formula is C20H26N2O5S. The Hall–Kier alpha value is -2.45. The number of esters is 1. The van der Waals surface area contributed by atoms with Gasteiger partial charge in [0.2, 0.25) is 15.8 Å². The molecule has 0 aliphatic carbocycles. The molecule has 2 rings (SSSR count). The molecule has 152 valence electrons. The van der Waals surface area contributed by atoms with Gasteiger partial charge >= 0.3 is 5.97 Å². The zero-order chi connectivity index (χ0) is 21.1. The van der Waals surface area contributed by atoms with Crippen molar-refractivity contribution in [3.8, 4) is 0 Å². The zero-order valence-electron chi connectivity index (χ0n) is 16.9. The van der Waals surface area contributed by atoms with Gasteiger partial charge in [-0.05, 0) is 50.6 Å². The van der Waals surface area contributed by atoms with Crippen LogP contribution < -0.4 is 0 Å². The van der Waals surface area contributed by atoms with Crippen LogP contribution in [0.4, 0.5) is 0 Å². The van der Waals surface area contributed by atoms with E-state index >= 15 is 0 Å². The first kappa shape index (κ1) is 21.8. The van der Waals surface area contributed by atoms with Crippen LogP contribution in [0.1, 0.15) is 45.4 Å². The van der Waals surface area contributed by atoms with Gasteiger partial charge in [-0.2, -0.15) is 0 Å². The predicted octanol–water partition coefficient (Wildman–Crippen LogP) is 2.80. The van der Waals surface area contributed by atoms with E-state index in [1.165, 1.54) is 38.4 Å². The van der Waals surface area contributed by atoms with E-state index < -0.39 is 16.0 Å². The molecule has 0 saturated carbocycles. The van der Waals surface area contributed by atoms with Crippen molar-refractivity contribution >= 4 is 21.8 Å². The number of nitrogens with zero attached hydrogens (tertiary/aromatic N) is 2. The molecule has 2 aromatic rings. The Morgan fingerprint density at radius 2 is 1.71 bits per heavy atom. The summed E-state index contributed by atoms with van der Waals surface area (Å²) in [5, 5.41) is 0. The number of ether oxygens (including phenoxy) is 1. The summed E-state index contributed by atoms with van der Waals surface area (Å²) in [5.41, 5.74) is 2.58. The monoisotopic (exact) mass is 406 g/mol. The number of carbonyl (C=O) groups is 2. The van der Waals surface area contributed by atoms with Crippen molar-refractivity contribution in [1.82, 2.24) is 8.87 Å². The summed E-state index contributed by atoms with van der Waals surface area (Å²) in [5.74, 6) is -0.944. The first-order valence-corrected chi connectivity index (χ1v) is 10.4. The smallest absolute Gasteiger partial charge is 0.338 e. The maximum absolute atomic E-state index is 12.5. The van der Waals surface area contributed by atoms with Gasteiger partial charge in [-0.3, -0.25) is 4.79 Å². The van der Waals surface area contributed by atoms with Crippen LogP contribution >= 0.6 is 0 Å². The molecule has 7 nitrogen and oxygen atoms in total. The van der Waals surface area contributed by atoms with Gasteiger partial charge in [0, 0.05) is 37.6 Å². The molecule has 1 aromatic heterocycles. The number of Topliss-reactive ketones (excluding diaryl/α,β-unsaturated/α-hetero) is 1. The number of aryl methyl sites for hydroxylation is 1. The van der Waals surface area contributed by atoms with Crippen LogP contribution in [0, 0.1) is 13.8 Å². The summed E-state index contributed by atoms with van der Waals surface area (Å²) in [6.45, 7) is 6.34. The largest absolute Gasteiger partial charge is 0.454 e. The van der Waals surface area contributed by atoms with Crippen LogP contribution in [0.15, 0.2) is 35.2 Å². The van der Waals surface area contributed by atoms with Crippen molar-refractivity contribution in [2.24, 2.45) is 0 Å². The molecule has 0 bridgehead atoms. The Kier molecular flexibility index (Phi) is 6.79. The Labute approximate surface area is 166 Å². The molecule has 1 heterocycles. The Morgan fingerprint density at radius 3 is 2.25 bits per heavy atom. The summed E-state index contributed by atoms with van der Waals surface area (Å²) in [4.78, 5) is 24.7. The number of ketones is 1. The highest BCUT2D eigenvalue weighted by molar-refractivity contribution is 7.89. The lowest BCUT2D eigenvalue weighted by Crippen LogP contribution is -2.22. The van der Waals surface area contributed by atoms with Gasteiger partial charge in [0.05, 0.1) is 10.5 Å². The molecule has 0 radical (unpaired) electrons. The molecule has 0 fully saturated rings. The fourth-order valence-electron chi connectivity index (χ4n) is 2.92. The van der Waals surface area contributed by atoms with E-state index in [0.717, 1.165) is 28.7 Å². The lowest BCUT2D eigenvalue weighted by molar-refractivity contribution is 0.0474. The second kappa shape index (κ2) is 8.70. The zero-order valence-corrected chi connectivity index (χ0v) is 17.7. The number of sulfonamides is 1. The van der Waals surface area contributed by atoms with Gasteiger partial charge in [-0.25, -0.2) is 17.5 Å². The molecule has 1 aromatic carbocycles. The van der Waals surface area contributed by atoms with Crippen LogP contribution in [0.3, 0.4) is 0 Å². The summed E-state index contributed by atoms with van der Waals surface area (Å²) < 4.78 is 32.4. The van der Waals surface area contributed by atoms with Crippen molar-refractivity contribution in [3.63, 3.8) is 0 Å². The quantitative estimate of drug-likeness (QED) is 0.497. The van der Waals surface area contributed by atoms with E-state index in [2.05, 4.69) is 11.5 Å². The molecule has 0 atom stereocenters. The highest BCUT2D eigenvalue weighted by Gasteiger charge is 2.20.